The first kappa shape index (κ1) is 18.3. The van der Waals surface area contributed by atoms with Crippen LogP contribution < -0.4 is 11.3 Å². The van der Waals surface area contributed by atoms with Crippen molar-refractivity contribution in [2.45, 2.75) is 13.1 Å². The fourth-order valence-electron chi connectivity index (χ4n) is 3.55. The summed E-state index contributed by atoms with van der Waals surface area (Å²) in [5, 5.41) is 6.08. The lowest BCUT2D eigenvalue weighted by molar-refractivity contribution is 0.1000. The van der Waals surface area contributed by atoms with Gasteiger partial charge in [-0.25, -0.2) is 14.6 Å². The second-order valence-corrected chi connectivity index (χ2v) is 8.07. The van der Waals surface area contributed by atoms with E-state index in [0.717, 1.165) is 26.3 Å². The summed E-state index contributed by atoms with van der Waals surface area (Å²) in [6.07, 6.45) is 7.07. The predicted octanol–water partition coefficient (Wildman–Crippen LogP) is 1.74. The molecule has 0 unspecified atom stereocenters. The fourth-order valence-corrected chi connectivity index (χ4v) is 4.66. The molecule has 30 heavy (non-hydrogen) atoms. The number of hydrogen-bond acceptors (Lipinski definition) is 6. The third-order valence-corrected chi connectivity index (χ3v) is 6.05. The highest BCUT2D eigenvalue weighted by Gasteiger charge is 2.18. The third kappa shape index (κ3) is 2.98. The molecule has 150 valence electrons. The van der Waals surface area contributed by atoms with Crippen LogP contribution in [-0.2, 0) is 20.1 Å². The number of hydrogen-bond donors (Lipinski definition) is 1. The largest absolute Gasteiger partial charge is 0.366 e. The average molecular weight is 419 g/mol. The molecule has 0 saturated heterocycles. The minimum absolute atomic E-state index is 0.208. The average Bonchev–Trinajstić information content (AvgIpc) is 3.44. The third-order valence-electron chi connectivity index (χ3n) is 4.99. The van der Waals surface area contributed by atoms with Gasteiger partial charge in [0.2, 0.25) is 5.91 Å². The number of carbonyl (C=O) groups is 1. The predicted molar refractivity (Wildman–Crippen MR) is 114 cm³/mol. The number of benzene rings is 1. The van der Waals surface area contributed by atoms with E-state index in [1.165, 1.54) is 4.68 Å². The van der Waals surface area contributed by atoms with Gasteiger partial charge in [-0.3, -0.25) is 9.59 Å². The minimum Gasteiger partial charge on any atom is -0.366 e. The number of fused-ring (bicyclic) bond motifs is 3. The number of nitrogens with two attached hydrogens (primary N) is 1. The van der Waals surface area contributed by atoms with E-state index in [4.69, 9.17) is 10.7 Å². The highest BCUT2D eigenvalue weighted by Crippen LogP contribution is 2.31. The highest BCUT2D eigenvalue weighted by atomic mass is 32.1. The summed E-state index contributed by atoms with van der Waals surface area (Å²) in [4.78, 5) is 33.3. The number of aryl methyl sites for hydroxylation is 1. The van der Waals surface area contributed by atoms with Crippen molar-refractivity contribution in [1.29, 1.82) is 0 Å². The normalized spacial score (nSPS) is 11.5. The summed E-state index contributed by atoms with van der Waals surface area (Å²) >= 11 is 1.55. The Balaban J connectivity index is 1.55. The molecule has 0 aliphatic rings. The molecular weight excluding hydrogens is 402 g/mol. The Labute approximate surface area is 174 Å². The number of rotatable bonds is 5. The maximum absolute atomic E-state index is 13.1. The molecule has 9 nitrogen and oxygen atoms in total. The van der Waals surface area contributed by atoms with E-state index >= 15 is 0 Å². The molecule has 0 bridgehead atoms. The van der Waals surface area contributed by atoms with E-state index in [1.54, 1.807) is 48.3 Å². The summed E-state index contributed by atoms with van der Waals surface area (Å²) in [5.41, 5.74) is 7.63. The molecule has 10 heteroatoms. The van der Waals surface area contributed by atoms with Gasteiger partial charge in [0.05, 0.1) is 30.3 Å². The van der Waals surface area contributed by atoms with Gasteiger partial charge in [-0.05, 0) is 17.7 Å². The van der Waals surface area contributed by atoms with E-state index in [0.29, 0.717) is 17.6 Å². The summed E-state index contributed by atoms with van der Waals surface area (Å²) in [7, 11) is 1.84. The maximum Gasteiger partial charge on any atom is 0.291 e. The molecule has 5 aromatic rings. The number of carbonyl (C=O) groups excluding carboxylic acids is 1. The van der Waals surface area contributed by atoms with Crippen LogP contribution in [0.2, 0.25) is 0 Å². The molecule has 5 rings (SSSR count). The molecule has 4 heterocycles. The summed E-state index contributed by atoms with van der Waals surface area (Å²) in [6, 6.07) is 6.89. The Kier molecular flexibility index (Phi) is 4.21. The summed E-state index contributed by atoms with van der Waals surface area (Å²) in [5.74, 6) is -0.507. The molecule has 2 N–H and O–H groups in total. The molecule has 0 saturated carbocycles. The number of nitrogens with zero attached hydrogens (tertiary/aromatic N) is 6. The van der Waals surface area contributed by atoms with Crippen LogP contribution in [0.5, 0.6) is 0 Å². The quantitative estimate of drug-likeness (QED) is 0.466. The molecular formula is C20H17N7O2S. The standard InChI is InChI=1S/C20H17N7O2S/c1-25-16-14(17-19(25)24-15(30-17)10-26-6-5-22-11-26)8-23-27(20(16)29)9-12-3-2-4-13(7-12)18(21)28/h2-8,11H,9-10H2,1H3,(H2,21,28). The SMILES string of the molecule is Cn1c2nc(Cn3ccnc3)sc2c2cnn(Cc3cccc(C(N)=O)c3)c(=O)c21. The molecule has 4 aromatic heterocycles. The van der Waals surface area contributed by atoms with Crippen molar-refractivity contribution in [1.82, 2.24) is 28.9 Å². The van der Waals surface area contributed by atoms with E-state index in [1.807, 2.05) is 28.4 Å². The van der Waals surface area contributed by atoms with Crippen molar-refractivity contribution < 1.29 is 4.79 Å². The van der Waals surface area contributed by atoms with Crippen LogP contribution in [0.4, 0.5) is 0 Å². The van der Waals surface area contributed by atoms with Gasteiger partial charge < -0.3 is 14.9 Å². The van der Waals surface area contributed by atoms with Crippen LogP contribution in [-0.4, -0.2) is 34.8 Å². The molecule has 1 aromatic carbocycles. The Morgan fingerprint density at radius 2 is 2.13 bits per heavy atom. The first-order valence-corrected chi connectivity index (χ1v) is 10.0. The van der Waals surface area contributed by atoms with Crippen LogP contribution in [0.25, 0.3) is 21.3 Å². The van der Waals surface area contributed by atoms with Crippen molar-refractivity contribution in [2.24, 2.45) is 12.8 Å². The van der Waals surface area contributed by atoms with Crippen molar-refractivity contribution >= 4 is 38.5 Å². The van der Waals surface area contributed by atoms with E-state index < -0.39 is 5.91 Å². The van der Waals surface area contributed by atoms with Crippen LogP contribution in [0.3, 0.4) is 0 Å². The topological polar surface area (TPSA) is 114 Å². The van der Waals surface area contributed by atoms with Crippen LogP contribution in [0.1, 0.15) is 20.9 Å². The fraction of sp³-hybridized carbons (Fsp3) is 0.150. The summed E-state index contributed by atoms with van der Waals surface area (Å²) < 4.78 is 6.10. The van der Waals surface area contributed by atoms with Gasteiger partial charge in [-0.1, -0.05) is 12.1 Å². The molecule has 0 aliphatic heterocycles. The zero-order valence-corrected chi connectivity index (χ0v) is 16.8. The number of amides is 1. The monoisotopic (exact) mass is 419 g/mol. The van der Waals surface area contributed by atoms with E-state index in [9.17, 15) is 9.59 Å². The van der Waals surface area contributed by atoms with E-state index in [-0.39, 0.29) is 12.1 Å². The first-order chi connectivity index (χ1) is 14.5. The smallest absolute Gasteiger partial charge is 0.291 e. The zero-order chi connectivity index (χ0) is 20.8. The number of primary amides is 1. The van der Waals surface area contributed by atoms with Crippen LogP contribution in [0, 0.1) is 0 Å². The van der Waals surface area contributed by atoms with Crippen LogP contribution >= 0.6 is 11.3 Å². The number of thiazole rings is 1. The number of imidazole rings is 1. The molecule has 0 radical (unpaired) electrons. The van der Waals surface area contributed by atoms with Gasteiger partial charge in [0.25, 0.3) is 5.56 Å². The number of aromatic nitrogens is 6. The lowest BCUT2D eigenvalue weighted by Crippen LogP contribution is -2.24. The second kappa shape index (κ2) is 6.92. The lowest BCUT2D eigenvalue weighted by Gasteiger charge is -2.07. The van der Waals surface area contributed by atoms with Crippen molar-refractivity contribution in [2.75, 3.05) is 0 Å². The molecule has 0 aliphatic carbocycles. The Bertz CT molecular complexity index is 1460. The van der Waals surface area contributed by atoms with E-state index in [2.05, 4.69) is 10.1 Å². The Morgan fingerprint density at radius 3 is 2.90 bits per heavy atom. The molecule has 1 amide bonds. The Hall–Kier alpha value is -3.79. The van der Waals surface area contributed by atoms with Crippen molar-refractivity contribution in [3.8, 4) is 0 Å². The van der Waals surface area contributed by atoms with Gasteiger partial charge in [-0.15, -0.1) is 11.3 Å². The summed E-state index contributed by atoms with van der Waals surface area (Å²) in [6.45, 7) is 0.871. The van der Waals surface area contributed by atoms with Gasteiger partial charge in [0.15, 0.2) is 5.65 Å². The molecule has 0 fully saturated rings. The molecule has 0 spiro atoms. The van der Waals surface area contributed by atoms with Gasteiger partial charge >= 0.3 is 0 Å². The van der Waals surface area contributed by atoms with Crippen molar-refractivity contribution in [3.05, 3.63) is 75.7 Å². The lowest BCUT2D eigenvalue weighted by atomic mass is 10.1. The minimum atomic E-state index is -0.507. The first-order valence-electron chi connectivity index (χ1n) is 9.19. The van der Waals surface area contributed by atoms with Crippen LogP contribution in [0.15, 0.2) is 54.0 Å². The van der Waals surface area contributed by atoms with Gasteiger partial charge in [-0.2, -0.15) is 5.10 Å². The van der Waals surface area contributed by atoms with Gasteiger partial charge in [0.1, 0.15) is 10.5 Å². The maximum atomic E-state index is 13.1. The second-order valence-electron chi connectivity index (χ2n) is 6.99. The Morgan fingerprint density at radius 1 is 1.27 bits per heavy atom. The highest BCUT2D eigenvalue weighted by molar-refractivity contribution is 7.19. The molecule has 0 atom stereocenters. The zero-order valence-electron chi connectivity index (χ0n) is 16.0. The van der Waals surface area contributed by atoms with Gasteiger partial charge in [0, 0.05) is 30.4 Å². The van der Waals surface area contributed by atoms with Crippen molar-refractivity contribution in [3.63, 3.8) is 0 Å².